The number of rotatable bonds is 12. The standard InChI is InChI=1S/C30H39N3O3S2/c1-8-29(3,4)36-17-16-30(5,9-2)32-38(34,35)27(21-31)20-26-14-15-28(37-26)24-11-10-23-19-25(33(6)7)13-12-22(23)18-24/h10-15,18-20,32H,8-9,16-17H2,1-7H3. The van der Waals surface area contributed by atoms with Crippen LogP contribution in [-0.4, -0.2) is 40.3 Å². The summed E-state index contributed by atoms with van der Waals surface area (Å²) in [6.45, 7) is 10.3. The number of hydrogen-bond acceptors (Lipinski definition) is 6. The van der Waals surface area contributed by atoms with E-state index in [1.54, 1.807) is 0 Å². The van der Waals surface area contributed by atoms with E-state index in [4.69, 9.17) is 4.74 Å². The molecule has 8 heteroatoms. The molecule has 0 aliphatic carbocycles. The van der Waals surface area contributed by atoms with Gasteiger partial charge in [-0.3, -0.25) is 0 Å². The Morgan fingerprint density at radius 2 is 1.74 bits per heavy atom. The van der Waals surface area contributed by atoms with Crippen LogP contribution in [0.2, 0.25) is 0 Å². The minimum atomic E-state index is -4.01. The minimum absolute atomic E-state index is 0.262. The van der Waals surface area contributed by atoms with E-state index >= 15 is 0 Å². The first-order valence-corrected chi connectivity index (χ1v) is 15.2. The average molecular weight is 554 g/mol. The van der Waals surface area contributed by atoms with Crippen molar-refractivity contribution < 1.29 is 13.2 Å². The second-order valence-electron chi connectivity index (χ2n) is 10.7. The van der Waals surface area contributed by atoms with Gasteiger partial charge in [0.05, 0.1) is 5.60 Å². The fourth-order valence-electron chi connectivity index (χ4n) is 3.88. The highest BCUT2D eigenvalue weighted by molar-refractivity contribution is 7.93. The Morgan fingerprint density at radius 3 is 2.37 bits per heavy atom. The maximum Gasteiger partial charge on any atom is 0.251 e. The summed E-state index contributed by atoms with van der Waals surface area (Å²) in [6, 6.07) is 18.4. The molecule has 3 aromatic rings. The van der Waals surface area contributed by atoms with E-state index < -0.39 is 15.6 Å². The van der Waals surface area contributed by atoms with Gasteiger partial charge in [-0.1, -0.05) is 32.0 Å². The third kappa shape index (κ3) is 7.45. The van der Waals surface area contributed by atoms with Crippen molar-refractivity contribution >= 4 is 43.9 Å². The third-order valence-corrected chi connectivity index (χ3v) is 9.71. The molecule has 2 aromatic carbocycles. The van der Waals surface area contributed by atoms with E-state index in [2.05, 4.69) is 52.9 Å². The smallest absolute Gasteiger partial charge is 0.251 e. The molecule has 0 saturated carbocycles. The van der Waals surface area contributed by atoms with Gasteiger partial charge in [0.1, 0.15) is 6.07 Å². The number of sulfonamides is 1. The molecule has 0 aliphatic rings. The lowest BCUT2D eigenvalue weighted by molar-refractivity contribution is -0.0275. The molecule has 0 bridgehead atoms. The van der Waals surface area contributed by atoms with Gasteiger partial charge in [0.2, 0.25) is 0 Å². The highest BCUT2D eigenvalue weighted by Crippen LogP contribution is 2.33. The van der Waals surface area contributed by atoms with Crippen LogP contribution in [0.15, 0.2) is 53.4 Å². The molecule has 0 aliphatic heterocycles. The SMILES string of the molecule is CCC(C)(CCOC(C)(C)CC)NS(=O)(=O)C(C#N)=Cc1ccc(-c2ccc3cc(N(C)C)ccc3c2)s1. The van der Waals surface area contributed by atoms with E-state index in [0.29, 0.717) is 24.3 Å². The summed E-state index contributed by atoms with van der Waals surface area (Å²) >= 11 is 1.46. The van der Waals surface area contributed by atoms with Crippen molar-refractivity contribution in [2.45, 2.75) is 65.0 Å². The fraction of sp³-hybridized carbons (Fsp3) is 0.433. The number of ether oxygens (including phenoxy) is 1. The molecule has 1 N–H and O–H groups in total. The van der Waals surface area contributed by atoms with Crippen molar-refractivity contribution in [1.82, 2.24) is 4.72 Å². The van der Waals surface area contributed by atoms with Gasteiger partial charge in [0.25, 0.3) is 10.0 Å². The highest BCUT2D eigenvalue weighted by atomic mass is 32.2. The molecule has 0 spiro atoms. The van der Waals surface area contributed by atoms with Crippen LogP contribution in [0.1, 0.15) is 58.8 Å². The first-order valence-electron chi connectivity index (χ1n) is 12.9. The molecule has 0 amide bonds. The van der Waals surface area contributed by atoms with Crippen LogP contribution in [0.25, 0.3) is 27.3 Å². The Hall–Kier alpha value is -2.70. The predicted molar refractivity (Wildman–Crippen MR) is 161 cm³/mol. The Morgan fingerprint density at radius 1 is 1.05 bits per heavy atom. The molecule has 1 unspecified atom stereocenters. The number of thiophene rings is 1. The van der Waals surface area contributed by atoms with Gasteiger partial charge in [-0.15, -0.1) is 11.3 Å². The van der Waals surface area contributed by atoms with Crippen LogP contribution in [-0.2, 0) is 14.8 Å². The topological polar surface area (TPSA) is 82.4 Å². The number of nitrogens with one attached hydrogen (secondary N) is 1. The zero-order valence-electron chi connectivity index (χ0n) is 23.5. The molecular weight excluding hydrogens is 514 g/mol. The van der Waals surface area contributed by atoms with E-state index in [1.807, 2.05) is 60.0 Å². The van der Waals surface area contributed by atoms with E-state index in [0.717, 1.165) is 33.3 Å². The average Bonchev–Trinajstić information content (AvgIpc) is 3.34. The molecule has 204 valence electrons. The van der Waals surface area contributed by atoms with Crippen LogP contribution < -0.4 is 9.62 Å². The van der Waals surface area contributed by atoms with Crippen molar-refractivity contribution in [2.24, 2.45) is 0 Å². The van der Waals surface area contributed by atoms with Crippen molar-refractivity contribution in [2.75, 3.05) is 25.6 Å². The Kier molecular flexibility index (Phi) is 9.43. The van der Waals surface area contributed by atoms with Crippen molar-refractivity contribution in [3.8, 4) is 16.5 Å². The molecule has 0 radical (unpaired) electrons. The minimum Gasteiger partial charge on any atom is -0.378 e. The summed E-state index contributed by atoms with van der Waals surface area (Å²) in [4.78, 5) is 3.49. The summed E-state index contributed by atoms with van der Waals surface area (Å²) < 4.78 is 35.1. The van der Waals surface area contributed by atoms with Gasteiger partial charge in [0, 0.05) is 41.7 Å². The lowest BCUT2D eigenvalue weighted by Crippen LogP contribution is -2.46. The Balaban J connectivity index is 1.80. The van der Waals surface area contributed by atoms with Gasteiger partial charge < -0.3 is 9.64 Å². The van der Waals surface area contributed by atoms with E-state index in [1.165, 1.54) is 17.4 Å². The summed E-state index contributed by atoms with van der Waals surface area (Å²) in [5.41, 5.74) is 1.20. The quantitative estimate of drug-likeness (QED) is 0.240. The van der Waals surface area contributed by atoms with Crippen LogP contribution in [0, 0.1) is 11.3 Å². The zero-order chi connectivity index (χ0) is 28.1. The molecule has 0 saturated heterocycles. The van der Waals surface area contributed by atoms with Crippen LogP contribution in [0.4, 0.5) is 5.69 Å². The summed E-state index contributed by atoms with van der Waals surface area (Å²) in [7, 11) is 0.0313. The molecular formula is C30H39N3O3S2. The zero-order valence-corrected chi connectivity index (χ0v) is 25.1. The number of fused-ring (bicyclic) bond motifs is 1. The van der Waals surface area contributed by atoms with Crippen molar-refractivity contribution in [3.63, 3.8) is 0 Å². The molecule has 0 fully saturated rings. The largest absolute Gasteiger partial charge is 0.378 e. The summed E-state index contributed by atoms with van der Waals surface area (Å²) in [6.07, 6.45) is 3.39. The van der Waals surface area contributed by atoms with Gasteiger partial charge in [-0.25, -0.2) is 13.1 Å². The number of nitrogens with zero attached hydrogens (tertiary/aromatic N) is 2. The predicted octanol–water partition coefficient (Wildman–Crippen LogP) is 7.18. The normalized spacial score (nSPS) is 14.3. The van der Waals surface area contributed by atoms with Gasteiger partial charge in [0.15, 0.2) is 4.91 Å². The number of nitriles is 1. The summed E-state index contributed by atoms with van der Waals surface area (Å²) in [5.74, 6) is 0. The lowest BCUT2D eigenvalue weighted by atomic mass is 9.96. The molecule has 1 heterocycles. The van der Waals surface area contributed by atoms with Gasteiger partial charge in [-0.05, 0) is 92.8 Å². The first-order chi connectivity index (χ1) is 17.8. The molecule has 6 nitrogen and oxygen atoms in total. The van der Waals surface area contributed by atoms with Crippen LogP contribution >= 0.6 is 11.3 Å². The maximum absolute atomic E-state index is 13.2. The molecule has 38 heavy (non-hydrogen) atoms. The summed E-state index contributed by atoms with van der Waals surface area (Å²) in [5, 5.41) is 12.0. The number of anilines is 1. The van der Waals surface area contributed by atoms with E-state index in [9.17, 15) is 13.7 Å². The van der Waals surface area contributed by atoms with Crippen molar-refractivity contribution in [3.05, 3.63) is 58.3 Å². The highest BCUT2D eigenvalue weighted by Gasteiger charge is 2.31. The Bertz CT molecular complexity index is 1450. The Labute approximate surface area is 232 Å². The maximum atomic E-state index is 13.2. The van der Waals surface area contributed by atoms with Gasteiger partial charge >= 0.3 is 0 Å². The molecule has 1 atom stereocenters. The van der Waals surface area contributed by atoms with E-state index in [-0.39, 0.29) is 10.5 Å². The molecule has 1 aromatic heterocycles. The lowest BCUT2D eigenvalue weighted by Gasteiger charge is -2.31. The van der Waals surface area contributed by atoms with Gasteiger partial charge in [-0.2, -0.15) is 5.26 Å². The van der Waals surface area contributed by atoms with Crippen molar-refractivity contribution in [1.29, 1.82) is 5.26 Å². The second kappa shape index (κ2) is 12.0. The number of hydrogen-bond donors (Lipinski definition) is 1. The van der Waals surface area contributed by atoms with Crippen LogP contribution in [0.3, 0.4) is 0 Å². The number of benzene rings is 2. The molecule has 3 rings (SSSR count). The monoisotopic (exact) mass is 553 g/mol. The number of allylic oxidation sites excluding steroid dienone is 1. The first kappa shape index (κ1) is 29.9. The van der Waals surface area contributed by atoms with Crippen LogP contribution in [0.5, 0.6) is 0 Å². The third-order valence-electron chi connectivity index (χ3n) is 7.08. The fourth-order valence-corrected chi connectivity index (χ4v) is 6.31. The second-order valence-corrected chi connectivity index (χ2v) is 13.5.